The zero-order valence-electron chi connectivity index (χ0n) is 15.1. The fraction of sp³-hybridized carbons (Fsp3) is 0.250. The van der Waals surface area contributed by atoms with E-state index in [0.29, 0.717) is 23.5 Å². The number of nitrogens with zero attached hydrogens (tertiary/aromatic N) is 2. The minimum atomic E-state index is -0.410. The summed E-state index contributed by atoms with van der Waals surface area (Å²) in [6, 6.07) is 11.3. The molecule has 6 heteroatoms. The minimum absolute atomic E-state index is 0.363. The molecule has 0 aliphatic heterocycles. The maximum atomic E-state index is 12.5. The second-order valence-corrected chi connectivity index (χ2v) is 5.86. The molecule has 1 aromatic carbocycles. The first kappa shape index (κ1) is 17.7. The molecule has 0 spiro atoms. The highest BCUT2D eigenvalue weighted by Gasteiger charge is 2.18. The lowest BCUT2D eigenvalue weighted by Crippen LogP contribution is -2.10. The number of esters is 1. The molecule has 2 aromatic heterocycles. The van der Waals surface area contributed by atoms with Gasteiger partial charge in [0.05, 0.1) is 19.4 Å². The number of anilines is 2. The summed E-state index contributed by atoms with van der Waals surface area (Å²) in [6.45, 7) is 4.22. The second-order valence-electron chi connectivity index (χ2n) is 5.86. The Balaban J connectivity index is 2.10. The second kappa shape index (κ2) is 7.82. The van der Waals surface area contributed by atoms with E-state index in [-0.39, 0.29) is 0 Å². The van der Waals surface area contributed by atoms with Crippen LogP contribution in [0.25, 0.3) is 11.0 Å². The number of fused-ring (bicyclic) bond motifs is 1. The van der Waals surface area contributed by atoms with Crippen molar-refractivity contribution < 1.29 is 14.3 Å². The molecule has 0 amide bonds. The summed E-state index contributed by atoms with van der Waals surface area (Å²) in [5.41, 5.74) is 3.22. The van der Waals surface area contributed by atoms with Gasteiger partial charge in [-0.3, -0.25) is 0 Å². The molecule has 134 valence electrons. The van der Waals surface area contributed by atoms with E-state index < -0.39 is 5.97 Å². The van der Waals surface area contributed by atoms with E-state index >= 15 is 0 Å². The molecular formula is C20H21N3O3. The highest BCUT2D eigenvalue weighted by molar-refractivity contribution is 6.05. The Hall–Kier alpha value is -3.15. The molecule has 0 unspecified atom stereocenters. The summed E-state index contributed by atoms with van der Waals surface area (Å²) in [5, 5.41) is 4.06. The number of aromatic nitrogens is 2. The van der Waals surface area contributed by atoms with Gasteiger partial charge in [0.25, 0.3) is 0 Å². The summed E-state index contributed by atoms with van der Waals surface area (Å²) < 4.78 is 10.6. The highest BCUT2D eigenvalue weighted by Crippen LogP contribution is 2.30. The summed E-state index contributed by atoms with van der Waals surface area (Å²) in [5.74, 6) is 0.310. The number of rotatable bonds is 6. The van der Waals surface area contributed by atoms with Gasteiger partial charge in [0.1, 0.15) is 11.3 Å². The van der Waals surface area contributed by atoms with Gasteiger partial charge in [-0.1, -0.05) is 13.0 Å². The number of carbonyl (C=O) groups excluding carboxylic acids is 1. The predicted molar refractivity (Wildman–Crippen MR) is 101 cm³/mol. The van der Waals surface area contributed by atoms with Crippen molar-refractivity contribution in [3.05, 3.63) is 53.9 Å². The molecule has 1 N–H and O–H groups in total. The van der Waals surface area contributed by atoms with Crippen molar-refractivity contribution in [2.75, 3.05) is 19.0 Å². The van der Waals surface area contributed by atoms with E-state index in [4.69, 9.17) is 9.47 Å². The van der Waals surface area contributed by atoms with Crippen LogP contribution in [0.4, 0.5) is 11.4 Å². The van der Waals surface area contributed by atoms with E-state index in [1.807, 2.05) is 50.2 Å². The number of benzene rings is 1. The van der Waals surface area contributed by atoms with Crippen molar-refractivity contribution in [2.45, 2.75) is 20.3 Å². The van der Waals surface area contributed by atoms with Gasteiger partial charge in [-0.15, -0.1) is 0 Å². The standard InChI is InChI=1S/C20H21N3O3/c1-4-10-26-20(24)17-12-21-19-16(9-8-13(2)22-19)18(17)23-14-6-5-7-15(11-14)25-3/h5-9,11-12H,4,10H2,1-3H3,(H,21,22,23). The van der Waals surface area contributed by atoms with Gasteiger partial charge >= 0.3 is 5.97 Å². The summed E-state index contributed by atoms with van der Waals surface area (Å²) in [7, 11) is 1.61. The number of hydrogen-bond acceptors (Lipinski definition) is 6. The SMILES string of the molecule is CCCOC(=O)c1cnc2nc(C)ccc2c1Nc1cccc(OC)c1. The van der Waals surface area contributed by atoms with Crippen molar-refractivity contribution in [3.8, 4) is 5.75 Å². The Bertz CT molecular complexity index is 941. The third kappa shape index (κ3) is 3.74. The van der Waals surface area contributed by atoms with Crippen LogP contribution in [-0.4, -0.2) is 29.7 Å². The molecule has 0 radical (unpaired) electrons. The van der Waals surface area contributed by atoms with Crippen LogP contribution in [0.2, 0.25) is 0 Å². The van der Waals surface area contributed by atoms with Crippen LogP contribution in [0.1, 0.15) is 29.4 Å². The molecule has 0 aliphatic rings. The van der Waals surface area contributed by atoms with Crippen molar-refractivity contribution in [2.24, 2.45) is 0 Å². The van der Waals surface area contributed by atoms with Gasteiger partial charge < -0.3 is 14.8 Å². The molecule has 26 heavy (non-hydrogen) atoms. The molecule has 3 aromatic rings. The van der Waals surface area contributed by atoms with Crippen LogP contribution in [0.5, 0.6) is 5.75 Å². The average molecular weight is 351 g/mol. The molecular weight excluding hydrogens is 330 g/mol. The largest absolute Gasteiger partial charge is 0.497 e. The first-order chi connectivity index (χ1) is 12.6. The molecule has 6 nitrogen and oxygen atoms in total. The average Bonchev–Trinajstić information content (AvgIpc) is 2.66. The molecule has 0 saturated carbocycles. The fourth-order valence-corrected chi connectivity index (χ4v) is 2.58. The summed E-state index contributed by atoms with van der Waals surface area (Å²) in [6.07, 6.45) is 2.27. The van der Waals surface area contributed by atoms with E-state index in [1.165, 1.54) is 6.20 Å². The van der Waals surface area contributed by atoms with Crippen molar-refractivity contribution >= 4 is 28.4 Å². The van der Waals surface area contributed by atoms with Gasteiger partial charge in [-0.25, -0.2) is 14.8 Å². The summed E-state index contributed by atoms with van der Waals surface area (Å²) >= 11 is 0. The van der Waals surface area contributed by atoms with Crippen LogP contribution < -0.4 is 10.1 Å². The van der Waals surface area contributed by atoms with Crippen molar-refractivity contribution in [1.29, 1.82) is 0 Å². The highest BCUT2D eigenvalue weighted by atomic mass is 16.5. The van der Waals surface area contributed by atoms with Crippen LogP contribution in [0, 0.1) is 6.92 Å². The van der Waals surface area contributed by atoms with Crippen LogP contribution in [0.15, 0.2) is 42.6 Å². The van der Waals surface area contributed by atoms with Gasteiger partial charge in [-0.2, -0.15) is 0 Å². The van der Waals surface area contributed by atoms with Gasteiger partial charge in [0, 0.05) is 29.0 Å². The van der Waals surface area contributed by atoms with Crippen LogP contribution in [-0.2, 0) is 4.74 Å². The number of nitrogens with one attached hydrogen (secondary N) is 1. The number of ether oxygens (including phenoxy) is 2. The third-order valence-corrected chi connectivity index (χ3v) is 3.87. The minimum Gasteiger partial charge on any atom is -0.497 e. The molecule has 0 aliphatic carbocycles. The maximum absolute atomic E-state index is 12.5. The predicted octanol–water partition coefficient (Wildman–Crippen LogP) is 4.26. The van der Waals surface area contributed by atoms with Gasteiger partial charge in [0.2, 0.25) is 0 Å². The molecule has 2 heterocycles. The Morgan fingerprint density at radius 3 is 2.85 bits per heavy atom. The number of pyridine rings is 2. The topological polar surface area (TPSA) is 73.3 Å². The van der Waals surface area contributed by atoms with Crippen LogP contribution >= 0.6 is 0 Å². The molecule has 0 bridgehead atoms. The zero-order chi connectivity index (χ0) is 18.5. The van der Waals surface area contributed by atoms with E-state index in [2.05, 4.69) is 15.3 Å². The normalized spacial score (nSPS) is 10.6. The lowest BCUT2D eigenvalue weighted by atomic mass is 10.1. The molecule has 0 atom stereocenters. The Morgan fingerprint density at radius 1 is 1.23 bits per heavy atom. The Morgan fingerprint density at radius 2 is 2.08 bits per heavy atom. The molecule has 0 saturated heterocycles. The quantitative estimate of drug-likeness (QED) is 0.669. The monoisotopic (exact) mass is 351 g/mol. The van der Waals surface area contributed by atoms with Gasteiger partial charge in [0.15, 0.2) is 5.65 Å². The third-order valence-electron chi connectivity index (χ3n) is 3.87. The first-order valence-electron chi connectivity index (χ1n) is 8.47. The van der Waals surface area contributed by atoms with Crippen molar-refractivity contribution in [1.82, 2.24) is 9.97 Å². The van der Waals surface area contributed by atoms with Gasteiger partial charge in [-0.05, 0) is 37.6 Å². The number of hydrogen-bond donors (Lipinski definition) is 1. The van der Waals surface area contributed by atoms with Crippen molar-refractivity contribution in [3.63, 3.8) is 0 Å². The lowest BCUT2D eigenvalue weighted by Gasteiger charge is -2.14. The fourth-order valence-electron chi connectivity index (χ4n) is 2.58. The lowest BCUT2D eigenvalue weighted by molar-refractivity contribution is 0.0506. The van der Waals surface area contributed by atoms with E-state index in [9.17, 15) is 4.79 Å². The first-order valence-corrected chi connectivity index (χ1v) is 8.47. The smallest absolute Gasteiger partial charge is 0.341 e. The summed E-state index contributed by atoms with van der Waals surface area (Å²) in [4.78, 5) is 21.3. The van der Waals surface area contributed by atoms with E-state index in [1.54, 1.807) is 7.11 Å². The molecule has 3 rings (SSSR count). The Labute approximate surface area is 152 Å². The number of methoxy groups -OCH3 is 1. The van der Waals surface area contributed by atoms with E-state index in [0.717, 1.165) is 28.9 Å². The van der Waals surface area contributed by atoms with Crippen LogP contribution in [0.3, 0.4) is 0 Å². The molecule has 0 fully saturated rings. The number of carbonyl (C=O) groups is 1. The Kier molecular flexibility index (Phi) is 5.31. The maximum Gasteiger partial charge on any atom is 0.341 e. The number of aryl methyl sites for hydroxylation is 1. The zero-order valence-corrected chi connectivity index (χ0v) is 15.1.